The van der Waals surface area contributed by atoms with Crippen LogP contribution in [0.15, 0.2) is 72.9 Å². The lowest BCUT2D eigenvalue weighted by Gasteiger charge is -2.31. The van der Waals surface area contributed by atoms with E-state index in [0.717, 1.165) is 51.4 Å². The number of rotatable bonds is 39. The number of carbonyl (C=O) groups is 3. The first-order valence-electron chi connectivity index (χ1n) is 22.5. The number of hydrogen-bond donors (Lipinski definition) is 1. The Bertz CT molecular complexity index is 1160. The van der Waals surface area contributed by atoms with Crippen LogP contribution in [-0.2, 0) is 28.6 Å². The molecular weight excluding hydrogens is 715 g/mol. The van der Waals surface area contributed by atoms with Gasteiger partial charge in [0.15, 0.2) is 12.1 Å². The minimum atomic E-state index is -0.884. The Morgan fingerprint density at radius 1 is 0.544 bits per heavy atom. The van der Waals surface area contributed by atoms with Gasteiger partial charge in [-0.3, -0.25) is 9.59 Å². The molecule has 2 atom stereocenters. The monoisotopic (exact) mass is 799 g/mol. The molecule has 1 N–H and O–H groups in total. The summed E-state index contributed by atoms with van der Waals surface area (Å²) >= 11 is 0. The van der Waals surface area contributed by atoms with Crippen LogP contribution in [0.4, 0.5) is 0 Å². The summed E-state index contributed by atoms with van der Waals surface area (Å²) in [6.45, 7) is 4.52. The van der Waals surface area contributed by atoms with Gasteiger partial charge < -0.3 is 23.8 Å². The van der Waals surface area contributed by atoms with Gasteiger partial charge in [0.2, 0.25) is 0 Å². The number of allylic oxidation sites excluding steroid dienone is 12. The maximum absolute atomic E-state index is 12.7. The molecule has 8 nitrogen and oxygen atoms in total. The molecule has 326 valence electrons. The largest absolute Gasteiger partial charge is 0.477 e. The zero-order valence-electron chi connectivity index (χ0n) is 37.0. The fraction of sp³-hybridized carbons (Fsp3) is 0.694. The molecule has 0 heterocycles. The Morgan fingerprint density at radius 3 is 1.49 bits per heavy atom. The van der Waals surface area contributed by atoms with Crippen LogP contribution < -0.4 is 0 Å². The van der Waals surface area contributed by atoms with Crippen LogP contribution >= 0.6 is 0 Å². The summed E-state index contributed by atoms with van der Waals surface area (Å²) in [7, 11) is 5.51. The Labute approximate surface area is 349 Å². The van der Waals surface area contributed by atoms with E-state index in [1.807, 2.05) is 57.6 Å². The second-order valence-corrected chi connectivity index (χ2v) is 16.0. The number of esters is 2. The van der Waals surface area contributed by atoms with E-state index in [2.05, 4.69) is 50.3 Å². The van der Waals surface area contributed by atoms with Crippen molar-refractivity contribution in [2.75, 3.05) is 41.0 Å². The fourth-order valence-electron chi connectivity index (χ4n) is 6.21. The molecule has 0 amide bonds. The number of carboxylic acids is 1. The highest BCUT2D eigenvalue weighted by molar-refractivity contribution is 5.72. The van der Waals surface area contributed by atoms with Gasteiger partial charge in [0.25, 0.3) is 0 Å². The number of aliphatic carboxylic acids is 1. The second kappa shape index (κ2) is 39.6. The van der Waals surface area contributed by atoms with Crippen LogP contribution in [0.1, 0.15) is 168 Å². The molecule has 0 bridgehead atoms. The van der Waals surface area contributed by atoms with Crippen molar-refractivity contribution in [2.24, 2.45) is 0 Å². The maximum Gasteiger partial charge on any atom is 0.362 e. The molecule has 0 aliphatic heterocycles. The Morgan fingerprint density at radius 2 is 0.982 bits per heavy atom. The summed E-state index contributed by atoms with van der Waals surface area (Å²) in [4.78, 5) is 37.0. The number of carboxylic acid groups (broad SMARTS) is 1. The van der Waals surface area contributed by atoms with E-state index in [9.17, 15) is 19.5 Å². The van der Waals surface area contributed by atoms with Gasteiger partial charge in [0, 0.05) is 19.3 Å². The van der Waals surface area contributed by atoms with Crippen molar-refractivity contribution < 1.29 is 38.2 Å². The normalized spacial score (nSPS) is 13.6. The predicted octanol–water partition coefficient (Wildman–Crippen LogP) is 12.4. The van der Waals surface area contributed by atoms with Crippen LogP contribution in [0.2, 0.25) is 0 Å². The van der Waals surface area contributed by atoms with Gasteiger partial charge in [-0.1, -0.05) is 164 Å². The lowest BCUT2D eigenvalue weighted by molar-refractivity contribution is -0.887. The lowest BCUT2D eigenvalue weighted by atomic mass is 10.1. The highest BCUT2D eigenvalue weighted by Gasteiger charge is 2.31. The van der Waals surface area contributed by atoms with Crippen molar-refractivity contribution in [3.8, 4) is 0 Å². The first-order chi connectivity index (χ1) is 27.6. The third-order valence-corrected chi connectivity index (χ3v) is 9.71. The van der Waals surface area contributed by atoms with Gasteiger partial charge >= 0.3 is 17.9 Å². The minimum Gasteiger partial charge on any atom is -0.477 e. The minimum absolute atomic E-state index is 0.0435. The van der Waals surface area contributed by atoms with Crippen molar-refractivity contribution in [1.29, 1.82) is 0 Å². The lowest BCUT2D eigenvalue weighted by Crippen LogP contribution is -2.50. The Kier molecular flexibility index (Phi) is 37.3. The molecule has 0 aromatic rings. The van der Waals surface area contributed by atoms with E-state index < -0.39 is 18.1 Å². The fourth-order valence-corrected chi connectivity index (χ4v) is 6.21. The quantitative estimate of drug-likeness (QED) is 0.0286. The van der Waals surface area contributed by atoms with E-state index in [-0.39, 0.29) is 36.2 Å². The molecule has 0 aliphatic carbocycles. The van der Waals surface area contributed by atoms with Crippen molar-refractivity contribution in [3.05, 3.63) is 72.9 Å². The third kappa shape index (κ3) is 38.1. The van der Waals surface area contributed by atoms with E-state index in [1.54, 1.807) is 0 Å². The molecule has 57 heavy (non-hydrogen) atoms. The van der Waals surface area contributed by atoms with E-state index in [0.29, 0.717) is 19.3 Å². The summed E-state index contributed by atoms with van der Waals surface area (Å²) in [6.07, 6.45) is 49.5. The number of likely N-dealkylation sites (N-methyl/N-ethyl adjacent to an activating group) is 1. The Hall–Kier alpha value is -3.23. The highest BCUT2D eigenvalue weighted by Crippen LogP contribution is 2.14. The van der Waals surface area contributed by atoms with Crippen LogP contribution in [-0.4, -0.2) is 80.6 Å². The zero-order chi connectivity index (χ0) is 42.1. The van der Waals surface area contributed by atoms with Crippen molar-refractivity contribution in [3.63, 3.8) is 0 Å². The van der Waals surface area contributed by atoms with Crippen molar-refractivity contribution >= 4 is 17.9 Å². The number of hydrogen-bond acceptors (Lipinski definition) is 6. The molecule has 2 unspecified atom stereocenters. The average Bonchev–Trinajstić information content (AvgIpc) is 3.17. The molecule has 8 heteroatoms. The van der Waals surface area contributed by atoms with Crippen LogP contribution in [0, 0.1) is 0 Å². The first kappa shape index (κ1) is 53.8. The summed E-state index contributed by atoms with van der Waals surface area (Å²) in [6, 6.07) is -0.624. The van der Waals surface area contributed by atoms with Crippen molar-refractivity contribution in [2.45, 2.75) is 180 Å². The van der Waals surface area contributed by atoms with Gasteiger partial charge in [-0.25, -0.2) is 4.79 Å². The summed E-state index contributed by atoms with van der Waals surface area (Å²) in [5.74, 6) is -1.53. The molecule has 0 rings (SSSR count). The smallest absolute Gasteiger partial charge is 0.362 e. The van der Waals surface area contributed by atoms with Crippen molar-refractivity contribution in [1.82, 2.24) is 0 Å². The van der Waals surface area contributed by atoms with Gasteiger partial charge in [0.1, 0.15) is 6.61 Å². The number of carbonyl (C=O) groups excluding carboxylic acids is 2. The molecule has 0 aromatic carbocycles. The van der Waals surface area contributed by atoms with Gasteiger partial charge in [-0.2, -0.15) is 0 Å². The van der Waals surface area contributed by atoms with Gasteiger partial charge in [-0.15, -0.1) is 0 Å². The number of nitrogens with zero attached hydrogens (tertiary/aromatic N) is 1. The molecule has 0 spiro atoms. The van der Waals surface area contributed by atoms with Gasteiger partial charge in [-0.05, 0) is 57.8 Å². The molecule has 0 saturated heterocycles. The molecule has 0 fully saturated rings. The number of ether oxygens (including phenoxy) is 3. The molecular formula is C49H84NO7+. The first-order valence-corrected chi connectivity index (χ1v) is 22.5. The maximum atomic E-state index is 12.7. The topological polar surface area (TPSA) is 99.1 Å². The van der Waals surface area contributed by atoms with Crippen LogP contribution in [0.3, 0.4) is 0 Å². The summed E-state index contributed by atoms with van der Waals surface area (Å²) < 4.78 is 17.2. The predicted molar refractivity (Wildman–Crippen MR) is 238 cm³/mol. The standard InChI is InChI=1S/C49H83NO7/c1-6-8-10-12-14-16-18-20-21-22-23-24-25-26-28-30-32-34-36-38-40-48(52)57-45(43-55-42-41-46(49(53)54)50(3,4)5)44-56-47(51)39-37-35-33-31-29-27-19-17-15-13-11-9-7-2/h9,11,13,15-21,27,29,45-46H,6-8,10,12,14,22-26,28,30-44H2,1-5H3/p+1/b11-9+,15-13+,18-16+,19-17+,21-20+,29-27+. The molecule has 0 radical (unpaired) electrons. The SMILES string of the molecule is CC/C=C/C=C/C=C/C=C/CCCCCC(=O)OCC(COCCC(C(=O)O)[N+](C)(C)C)OC(=O)CCCCCCCCCCCC/C=C/C=C/CCCCCC. The molecule has 0 aliphatic rings. The highest BCUT2D eigenvalue weighted by atomic mass is 16.6. The summed E-state index contributed by atoms with van der Waals surface area (Å²) in [5.41, 5.74) is 0. The molecule has 0 saturated carbocycles. The average molecular weight is 799 g/mol. The van der Waals surface area contributed by atoms with E-state index in [1.165, 1.54) is 83.5 Å². The van der Waals surface area contributed by atoms with Crippen LogP contribution in [0.25, 0.3) is 0 Å². The summed E-state index contributed by atoms with van der Waals surface area (Å²) in [5, 5.41) is 9.62. The third-order valence-electron chi connectivity index (χ3n) is 9.71. The van der Waals surface area contributed by atoms with E-state index in [4.69, 9.17) is 14.2 Å². The number of unbranched alkanes of at least 4 members (excludes halogenated alkanes) is 17. The zero-order valence-corrected chi connectivity index (χ0v) is 37.0. The van der Waals surface area contributed by atoms with Crippen LogP contribution in [0.5, 0.6) is 0 Å². The second-order valence-electron chi connectivity index (χ2n) is 16.0. The Balaban J connectivity index is 4.36. The van der Waals surface area contributed by atoms with E-state index >= 15 is 0 Å². The number of quaternary nitrogens is 1. The van der Waals surface area contributed by atoms with Gasteiger partial charge in [0.05, 0.1) is 34.4 Å². The molecule has 0 aromatic heterocycles.